The van der Waals surface area contributed by atoms with E-state index in [2.05, 4.69) is 9.82 Å². The summed E-state index contributed by atoms with van der Waals surface area (Å²) in [7, 11) is -3.76. The lowest BCUT2D eigenvalue weighted by atomic mass is 10.0. The molecule has 0 spiro atoms. The van der Waals surface area contributed by atoms with E-state index in [1.165, 1.54) is 6.20 Å². The summed E-state index contributed by atoms with van der Waals surface area (Å²) in [6.45, 7) is 2.13. The normalized spacial score (nSPS) is 16.4. The van der Waals surface area contributed by atoms with Gasteiger partial charge in [0.25, 0.3) is 0 Å². The zero-order chi connectivity index (χ0) is 19.5. The van der Waals surface area contributed by atoms with Crippen molar-refractivity contribution in [2.45, 2.75) is 31.3 Å². The predicted octanol–water partition coefficient (Wildman–Crippen LogP) is 3.27. The average molecular weight is 403 g/mol. The molecule has 1 aliphatic rings. The first-order valence-corrected chi connectivity index (χ1v) is 10.1. The smallest absolute Gasteiger partial charge is 0.381 e. The van der Waals surface area contributed by atoms with E-state index in [1.54, 1.807) is 10.9 Å². The van der Waals surface area contributed by atoms with Gasteiger partial charge < -0.3 is 4.74 Å². The summed E-state index contributed by atoms with van der Waals surface area (Å²) in [5.41, 5.74) is -0.218. The van der Waals surface area contributed by atoms with E-state index in [-0.39, 0.29) is 5.56 Å². The maximum absolute atomic E-state index is 12.6. The zero-order valence-corrected chi connectivity index (χ0v) is 15.3. The predicted molar refractivity (Wildman–Crippen MR) is 93.5 cm³/mol. The largest absolute Gasteiger partial charge is 0.416 e. The molecule has 1 saturated heterocycles. The van der Waals surface area contributed by atoms with Gasteiger partial charge in [0.1, 0.15) is 0 Å². The van der Waals surface area contributed by atoms with Crippen LogP contribution in [0.2, 0.25) is 0 Å². The van der Waals surface area contributed by atoms with E-state index < -0.39 is 27.5 Å². The van der Waals surface area contributed by atoms with E-state index in [0.29, 0.717) is 18.2 Å². The molecule has 0 radical (unpaired) electrons. The number of alkyl halides is 3. The molecule has 0 amide bonds. The van der Waals surface area contributed by atoms with Crippen molar-refractivity contribution < 1.29 is 26.3 Å². The number of anilines is 1. The summed E-state index contributed by atoms with van der Waals surface area (Å²) >= 11 is 0. The fourth-order valence-electron chi connectivity index (χ4n) is 2.93. The first-order valence-electron chi connectivity index (χ1n) is 8.48. The maximum Gasteiger partial charge on any atom is 0.416 e. The highest BCUT2D eigenvalue weighted by molar-refractivity contribution is 7.91. The molecule has 3 rings (SSSR count). The quantitative estimate of drug-likeness (QED) is 0.804. The molecule has 0 aliphatic carbocycles. The van der Waals surface area contributed by atoms with Crippen LogP contribution in [0.1, 0.15) is 24.0 Å². The Morgan fingerprint density at radius 1 is 1.19 bits per heavy atom. The molecule has 0 unspecified atom stereocenters. The second-order valence-corrected chi connectivity index (χ2v) is 8.28. The van der Waals surface area contributed by atoms with Crippen molar-refractivity contribution in [2.24, 2.45) is 5.92 Å². The number of halogens is 3. The lowest BCUT2D eigenvalue weighted by Crippen LogP contribution is -2.20. The van der Waals surface area contributed by atoms with Gasteiger partial charge in [-0.2, -0.15) is 18.3 Å². The van der Waals surface area contributed by atoms with Crippen LogP contribution in [0.3, 0.4) is 0 Å². The molecular weight excluding hydrogens is 383 g/mol. The second-order valence-electron chi connectivity index (χ2n) is 6.56. The van der Waals surface area contributed by atoms with Crippen molar-refractivity contribution in [1.29, 1.82) is 0 Å². The summed E-state index contributed by atoms with van der Waals surface area (Å²) in [6, 6.07) is 4.07. The molecule has 1 fully saturated rings. The number of rotatable bonds is 6. The third kappa shape index (κ3) is 5.70. The molecule has 27 heavy (non-hydrogen) atoms. The molecule has 1 aliphatic heterocycles. The molecule has 2 aromatic rings. The van der Waals surface area contributed by atoms with E-state index in [4.69, 9.17) is 4.74 Å². The van der Waals surface area contributed by atoms with Crippen molar-refractivity contribution in [3.8, 4) is 0 Å². The van der Waals surface area contributed by atoms with Crippen LogP contribution >= 0.6 is 0 Å². The van der Waals surface area contributed by atoms with Crippen LogP contribution in [0.5, 0.6) is 0 Å². The molecule has 10 heteroatoms. The Hall–Kier alpha value is -2.07. The molecule has 148 valence electrons. The average Bonchev–Trinajstić information content (AvgIpc) is 3.01. The van der Waals surface area contributed by atoms with Gasteiger partial charge in [0.05, 0.1) is 23.2 Å². The standard InChI is InChI=1S/C17H20F3N3O3S/c18-17(19,20)15-3-1-14(2-4-15)12-27(24,25)22-16-9-21-23(11-16)10-13-5-7-26-8-6-13/h1-4,9,11,13,22H,5-8,10,12H2. The van der Waals surface area contributed by atoms with Gasteiger partial charge in [0.2, 0.25) is 10.0 Å². The number of ether oxygens (including phenoxy) is 1. The molecule has 1 aromatic carbocycles. The Kier molecular flexibility index (Phi) is 5.75. The van der Waals surface area contributed by atoms with Crippen molar-refractivity contribution >= 4 is 15.7 Å². The van der Waals surface area contributed by atoms with Gasteiger partial charge in [-0.25, -0.2) is 8.42 Å². The summed E-state index contributed by atoms with van der Waals surface area (Å²) in [4.78, 5) is 0. The fraction of sp³-hybridized carbons (Fsp3) is 0.471. The Morgan fingerprint density at radius 2 is 1.85 bits per heavy atom. The number of hydrogen-bond acceptors (Lipinski definition) is 4. The first kappa shape index (κ1) is 19.7. The SMILES string of the molecule is O=S(=O)(Cc1ccc(C(F)(F)F)cc1)Nc1cnn(CC2CCOCC2)c1. The monoisotopic (exact) mass is 403 g/mol. The number of benzene rings is 1. The molecule has 0 saturated carbocycles. The molecule has 6 nitrogen and oxygen atoms in total. The van der Waals surface area contributed by atoms with Gasteiger partial charge in [-0.3, -0.25) is 9.40 Å². The minimum absolute atomic E-state index is 0.269. The van der Waals surface area contributed by atoms with E-state index in [1.807, 2.05) is 0 Å². The van der Waals surface area contributed by atoms with Crippen molar-refractivity contribution in [1.82, 2.24) is 9.78 Å². The Balaban J connectivity index is 1.59. The minimum Gasteiger partial charge on any atom is -0.381 e. The molecule has 2 heterocycles. The van der Waals surface area contributed by atoms with E-state index >= 15 is 0 Å². The van der Waals surface area contributed by atoms with Crippen molar-refractivity contribution in [3.05, 3.63) is 47.8 Å². The van der Waals surface area contributed by atoms with E-state index in [0.717, 1.165) is 50.3 Å². The Morgan fingerprint density at radius 3 is 2.48 bits per heavy atom. The van der Waals surface area contributed by atoms with Crippen LogP contribution in [0.25, 0.3) is 0 Å². The van der Waals surface area contributed by atoms with Gasteiger partial charge in [0.15, 0.2) is 0 Å². The maximum atomic E-state index is 12.6. The highest BCUT2D eigenvalue weighted by atomic mass is 32.2. The van der Waals surface area contributed by atoms with Crippen LogP contribution in [0.15, 0.2) is 36.7 Å². The van der Waals surface area contributed by atoms with Crippen molar-refractivity contribution in [2.75, 3.05) is 17.9 Å². The van der Waals surface area contributed by atoms with Crippen LogP contribution < -0.4 is 4.72 Å². The molecule has 1 aromatic heterocycles. The summed E-state index contributed by atoms with van der Waals surface area (Å²) in [6.07, 6.45) is 0.460. The minimum atomic E-state index is -4.45. The topological polar surface area (TPSA) is 73.2 Å². The second kappa shape index (κ2) is 7.89. The molecular formula is C17H20F3N3O3S. The van der Waals surface area contributed by atoms with Crippen LogP contribution in [0.4, 0.5) is 18.9 Å². The van der Waals surface area contributed by atoms with Gasteiger partial charge in [0, 0.05) is 26.0 Å². The van der Waals surface area contributed by atoms with Crippen LogP contribution in [-0.2, 0) is 33.2 Å². The molecule has 0 atom stereocenters. The first-order chi connectivity index (χ1) is 12.7. The zero-order valence-electron chi connectivity index (χ0n) is 14.4. The lowest BCUT2D eigenvalue weighted by molar-refractivity contribution is -0.137. The highest BCUT2D eigenvalue weighted by Gasteiger charge is 2.30. The van der Waals surface area contributed by atoms with Gasteiger partial charge >= 0.3 is 6.18 Å². The number of nitrogens with zero attached hydrogens (tertiary/aromatic N) is 2. The number of aromatic nitrogens is 2. The van der Waals surface area contributed by atoms with Gasteiger partial charge in [-0.1, -0.05) is 12.1 Å². The van der Waals surface area contributed by atoms with Crippen molar-refractivity contribution in [3.63, 3.8) is 0 Å². The van der Waals surface area contributed by atoms with Crippen LogP contribution in [-0.4, -0.2) is 31.4 Å². The number of sulfonamides is 1. The Labute approximate surface area is 155 Å². The fourth-order valence-corrected chi connectivity index (χ4v) is 4.10. The molecule has 1 N–H and O–H groups in total. The summed E-state index contributed by atoms with van der Waals surface area (Å²) < 4.78 is 71.6. The lowest BCUT2D eigenvalue weighted by Gasteiger charge is -2.21. The van der Waals surface area contributed by atoms with Gasteiger partial charge in [-0.15, -0.1) is 0 Å². The third-order valence-corrected chi connectivity index (χ3v) is 5.59. The Bertz CT molecular complexity index is 858. The summed E-state index contributed by atoms with van der Waals surface area (Å²) in [5, 5.41) is 4.16. The third-order valence-electron chi connectivity index (χ3n) is 4.33. The highest BCUT2D eigenvalue weighted by Crippen LogP contribution is 2.29. The van der Waals surface area contributed by atoms with Crippen LogP contribution in [0, 0.1) is 5.92 Å². The van der Waals surface area contributed by atoms with E-state index in [9.17, 15) is 21.6 Å². The van der Waals surface area contributed by atoms with Gasteiger partial charge in [-0.05, 0) is 36.5 Å². The molecule has 0 bridgehead atoms. The number of hydrogen-bond donors (Lipinski definition) is 1. The number of nitrogens with one attached hydrogen (secondary N) is 1. The summed E-state index contributed by atoms with van der Waals surface area (Å²) in [5.74, 6) is 0.0197.